The van der Waals surface area contributed by atoms with E-state index < -0.39 is 5.97 Å². The lowest BCUT2D eigenvalue weighted by Crippen LogP contribution is -2.46. The quantitative estimate of drug-likeness (QED) is 0.501. The van der Waals surface area contributed by atoms with Crippen molar-refractivity contribution in [3.63, 3.8) is 0 Å². The number of piperidine rings is 1. The summed E-state index contributed by atoms with van der Waals surface area (Å²) < 4.78 is 11.0. The van der Waals surface area contributed by atoms with Gasteiger partial charge in [-0.1, -0.05) is 0 Å². The number of nitrogens with zero attached hydrogens (tertiary/aromatic N) is 2. The Kier molecular flexibility index (Phi) is 10.1. The Hall–Kier alpha value is -2.65. The van der Waals surface area contributed by atoms with Gasteiger partial charge in [-0.15, -0.1) is 0 Å². The van der Waals surface area contributed by atoms with Gasteiger partial charge in [-0.2, -0.15) is 0 Å². The van der Waals surface area contributed by atoms with Crippen molar-refractivity contribution >= 4 is 18.3 Å². The van der Waals surface area contributed by atoms with Gasteiger partial charge in [-0.05, 0) is 56.6 Å². The number of likely N-dealkylation sites (tertiary alicyclic amines) is 1. The number of hydrogen-bond acceptors (Lipinski definition) is 6. The molecule has 0 aromatic heterocycles. The van der Waals surface area contributed by atoms with E-state index in [-0.39, 0.29) is 18.0 Å². The molecule has 2 N–H and O–H groups in total. The van der Waals surface area contributed by atoms with Crippen molar-refractivity contribution < 1.29 is 34.1 Å². The second-order valence-corrected chi connectivity index (χ2v) is 7.19. The van der Waals surface area contributed by atoms with Crippen LogP contribution in [0.25, 0.3) is 0 Å². The minimum atomic E-state index is -0.933. The summed E-state index contributed by atoms with van der Waals surface area (Å²) in [5, 5.41) is 15.8. The predicted octanol–water partition coefficient (Wildman–Crippen LogP) is 1.43. The van der Waals surface area contributed by atoms with Crippen LogP contribution in [0.1, 0.15) is 29.6 Å². The molecule has 1 aromatic rings. The summed E-state index contributed by atoms with van der Waals surface area (Å²) in [5.74, 6) is 0.210. The molecule has 30 heavy (non-hydrogen) atoms. The maximum atomic E-state index is 12.5. The predicted molar refractivity (Wildman–Crippen MR) is 109 cm³/mol. The number of hydrogen-bond donors (Lipinski definition) is 2. The zero-order valence-electron chi connectivity index (χ0n) is 17.1. The SMILES string of the molecule is O=C(O)c1ccc(OCCCN2CCC(C(=O)N3CCOCC3)CC2)cc1.O=CO. The van der Waals surface area contributed by atoms with Crippen LogP contribution in [0.3, 0.4) is 0 Å². The molecule has 0 saturated carbocycles. The number of ether oxygens (including phenoxy) is 2. The van der Waals surface area contributed by atoms with E-state index in [0.717, 1.165) is 52.0 Å². The Morgan fingerprint density at radius 1 is 1.10 bits per heavy atom. The highest BCUT2D eigenvalue weighted by Crippen LogP contribution is 2.20. The Balaban J connectivity index is 0.00000101. The number of rotatable bonds is 7. The van der Waals surface area contributed by atoms with Crippen molar-refractivity contribution in [2.45, 2.75) is 19.3 Å². The zero-order chi connectivity index (χ0) is 21.8. The third kappa shape index (κ3) is 7.64. The van der Waals surface area contributed by atoms with Crippen LogP contribution in [0, 0.1) is 5.92 Å². The van der Waals surface area contributed by atoms with E-state index in [1.165, 1.54) is 0 Å². The van der Waals surface area contributed by atoms with E-state index in [4.69, 9.17) is 24.5 Å². The maximum absolute atomic E-state index is 12.5. The molecule has 2 aliphatic rings. The van der Waals surface area contributed by atoms with E-state index >= 15 is 0 Å². The summed E-state index contributed by atoms with van der Waals surface area (Å²) in [7, 11) is 0. The molecule has 0 atom stereocenters. The molecule has 2 aliphatic heterocycles. The van der Waals surface area contributed by atoms with Crippen LogP contribution >= 0.6 is 0 Å². The molecule has 166 valence electrons. The normalized spacial score (nSPS) is 17.5. The molecule has 3 rings (SSSR count). The highest BCUT2D eigenvalue weighted by molar-refractivity contribution is 5.87. The molecule has 0 bridgehead atoms. The summed E-state index contributed by atoms with van der Waals surface area (Å²) in [5.41, 5.74) is 0.261. The van der Waals surface area contributed by atoms with Crippen LogP contribution < -0.4 is 4.74 Å². The van der Waals surface area contributed by atoms with Gasteiger partial charge in [-0.25, -0.2) is 4.79 Å². The lowest BCUT2D eigenvalue weighted by atomic mass is 9.95. The van der Waals surface area contributed by atoms with Gasteiger partial charge in [0, 0.05) is 25.6 Å². The molecule has 1 aromatic carbocycles. The van der Waals surface area contributed by atoms with E-state index in [2.05, 4.69) is 4.90 Å². The number of carboxylic acids is 1. The third-order valence-electron chi connectivity index (χ3n) is 5.25. The number of benzene rings is 1. The maximum Gasteiger partial charge on any atom is 0.335 e. The van der Waals surface area contributed by atoms with Gasteiger partial charge < -0.3 is 29.5 Å². The fourth-order valence-electron chi connectivity index (χ4n) is 3.62. The van der Waals surface area contributed by atoms with Crippen molar-refractivity contribution in [3.8, 4) is 5.75 Å². The minimum Gasteiger partial charge on any atom is -0.494 e. The summed E-state index contributed by atoms with van der Waals surface area (Å²) in [6.07, 6.45) is 2.75. The van der Waals surface area contributed by atoms with Gasteiger partial charge in [0.2, 0.25) is 5.91 Å². The van der Waals surface area contributed by atoms with Crippen molar-refractivity contribution in [1.29, 1.82) is 0 Å². The molecule has 0 aliphatic carbocycles. The standard InChI is InChI=1S/C20H28N2O5.CH2O2/c23-19(22-11-14-26-15-12-22)16-6-9-21(10-7-16)8-1-13-27-18-4-2-17(3-5-18)20(24)25;2-1-3/h2-5,16H,1,6-15H2,(H,24,25);1H,(H,2,3). The summed E-state index contributed by atoms with van der Waals surface area (Å²) >= 11 is 0. The molecule has 0 radical (unpaired) electrons. The first-order chi connectivity index (χ1) is 14.5. The van der Waals surface area contributed by atoms with Crippen LogP contribution in [-0.2, 0) is 14.3 Å². The first-order valence-electron chi connectivity index (χ1n) is 10.2. The van der Waals surface area contributed by atoms with Crippen LogP contribution in [0.5, 0.6) is 5.75 Å². The first-order valence-corrected chi connectivity index (χ1v) is 10.2. The van der Waals surface area contributed by atoms with Gasteiger partial charge in [0.15, 0.2) is 0 Å². The van der Waals surface area contributed by atoms with Crippen molar-refractivity contribution in [2.75, 3.05) is 52.5 Å². The molecule has 0 spiro atoms. The highest BCUT2D eigenvalue weighted by Gasteiger charge is 2.29. The van der Waals surface area contributed by atoms with Crippen LogP contribution in [-0.4, -0.2) is 90.9 Å². The Labute approximate surface area is 176 Å². The monoisotopic (exact) mass is 422 g/mol. The number of morpholine rings is 1. The number of carboxylic acid groups (broad SMARTS) is 2. The Bertz CT molecular complexity index is 666. The molecule has 1 amide bonds. The number of carbonyl (C=O) groups excluding carboxylic acids is 1. The summed E-state index contributed by atoms with van der Waals surface area (Å²) in [6.45, 7) is 5.97. The molecule has 2 heterocycles. The minimum absolute atomic E-state index is 0.156. The summed E-state index contributed by atoms with van der Waals surface area (Å²) in [6, 6.07) is 6.47. The number of amides is 1. The average molecular weight is 422 g/mol. The molecule has 2 fully saturated rings. The van der Waals surface area contributed by atoms with Gasteiger partial charge in [0.25, 0.3) is 6.47 Å². The Morgan fingerprint density at radius 3 is 2.27 bits per heavy atom. The smallest absolute Gasteiger partial charge is 0.335 e. The van der Waals surface area contributed by atoms with Crippen LogP contribution in [0.2, 0.25) is 0 Å². The van der Waals surface area contributed by atoms with Crippen molar-refractivity contribution in [3.05, 3.63) is 29.8 Å². The lowest BCUT2D eigenvalue weighted by Gasteiger charge is -2.35. The first kappa shape index (κ1) is 23.6. The molecule has 9 heteroatoms. The molecule has 9 nitrogen and oxygen atoms in total. The molecular formula is C21H30N2O7. The van der Waals surface area contributed by atoms with E-state index in [1.807, 2.05) is 4.90 Å². The molecule has 2 saturated heterocycles. The van der Waals surface area contributed by atoms with Gasteiger partial charge in [-0.3, -0.25) is 9.59 Å². The Morgan fingerprint density at radius 2 is 1.70 bits per heavy atom. The highest BCUT2D eigenvalue weighted by atomic mass is 16.5. The van der Waals surface area contributed by atoms with E-state index in [1.54, 1.807) is 24.3 Å². The number of aromatic carboxylic acids is 1. The van der Waals surface area contributed by atoms with Gasteiger partial charge in [0.1, 0.15) is 5.75 Å². The third-order valence-corrected chi connectivity index (χ3v) is 5.25. The van der Waals surface area contributed by atoms with E-state index in [0.29, 0.717) is 31.5 Å². The topological polar surface area (TPSA) is 117 Å². The zero-order valence-corrected chi connectivity index (χ0v) is 17.1. The van der Waals surface area contributed by atoms with E-state index in [9.17, 15) is 9.59 Å². The second kappa shape index (κ2) is 12.8. The lowest BCUT2D eigenvalue weighted by molar-refractivity contribution is -0.141. The van der Waals surface area contributed by atoms with Gasteiger partial charge >= 0.3 is 5.97 Å². The average Bonchev–Trinajstić information content (AvgIpc) is 2.78. The van der Waals surface area contributed by atoms with Gasteiger partial charge in [0.05, 0.1) is 25.4 Å². The second-order valence-electron chi connectivity index (χ2n) is 7.19. The van der Waals surface area contributed by atoms with Crippen LogP contribution in [0.4, 0.5) is 0 Å². The largest absolute Gasteiger partial charge is 0.494 e. The van der Waals surface area contributed by atoms with Crippen molar-refractivity contribution in [1.82, 2.24) is 9.80 Å². The molecule has 0 unspecified atom stereocenters. The fourth-order valence-corrected chi connectivity index (χ4v) is 3.62. The summed E-state index contributed by atoms with van der Waals surface area (Å²) in [4.78, 5) is 36.1. The number of carbonyl (C=O) groups is 3. The van der Waals surface area contributed by atoms with Crippen LogP contribution in [0.15, 0.2) is 24.3 Å². The molecular weight excluding hydrogens is 392 g/mol. The fraction of sp³-hybridized carbons (Fsp3) is 0.571. The van der Waals surface area contributed by atoms with Crippen molar-refractivity contribution in [2.24, 2.45) is 5.92 Å².